The minimum Gasteiger partial charge on any atom is -0.462 e. The Morgan fingerprint density at radius 2 is 0.621 bits per heavy atom. The number of esters is 3. The predicted molar refractivity (Wildman–Crippen MR) is 280 cm³/mol. The second-order valence-electron chi connectivity index (χ2n) is 18.8. The zero-order valence-electron chi connectivity index (χ0n) is 43.5. The van der Waals surface area contributed by atoms with Crippen molar-refractivity contribution in [3.63, 3.8) is 0 Å². The van der Waals surface area contributed by atoms with Gasteiger partial charge in [-0.15, -0.1) is 0 Å². The molecular weight excluding hydrogens is 821 g/mol. The summed E-state index contributed by atoms with van der Waals surface area (Å²) >= 11 is 0. The van der Waals surface area contributed by atoms with Gasteiger partial charge in [-0.2, -0.15) is 0 Å². The zero-order valence-corrected chi connectivity index (χ0v) is 43.5. The lowest BCUT2D eigenvalue weighted by molar-refractivity contribution is -0.167. The van der Waals surface area contributed by atoms with Crippen LogP contribution in [-0.2, 0) is 33.4 Å². The highest BCUT2D eigenvalue weighted by Gasteiger charge is 2.20. The first-order valence-electron chi connectivity index (χ1n) is 28.0. The molecule has 0 aliphatic carbocycles. The maximum absolute atomic E-state index is 12.8. The average molecular weight is 925 g/mol. The lowest BCUT2D eigenvalue weighted by Crippen LogP contribution is -2.31. The van der Waals surface area contributed by atoms with Crippen LogP contribution in [-0.4, -0.2) is 43.0 Å². The summed E-state index contributed by atoms with van der Waals surface area (Å²) in [6, 6.07) is 0. The molecule has 0 aromatic carbocycles. The van der Waals surface area contributed by atoms with Gasteiger partial charge in [0.25, 0.3) is 0 Å². The molecule has 66 heavy (non-hydrogen) atoms. The van der Waals surface area contributed by atoms with E-state index in [1.54, 1.807) is 0 Å². The lowest BCUT2D eigenvalue weighted by Gasteiger charge is -2.18. The fraction of sp³-hybridized carbons (Fsp3) is 0.797. The van der Waals surface area contributed by atoms with Crippen molar-refractivity contribution in [2.75, 3.05) is 13.2 Å². The molecule has 0 atom stereocenters. The van der Waals surface area contributed by atoms with Crippen molar-refractivity contribution in [1.82, 2.24) is 0 Å². The Labute approximate surface area is 407 Å². The number of Topliss-reactive ketones (excluding diaryl/α,β-unsaturated/α-hetero) is 1. The summed E-state index contributed by atoms with van der Waals surface area (Å²) in [6.45, 7) is 6.38. The normalized spacial score (nSPS) is 11.9. The molecule has 0 aromatic heterocycles. The van der Waals surface area contributed by atoms with E-state index < -0.39 is 12.1 Å². The molecular formula is C59H104O7. The number of carbonyl (C=O) groups is 4. The van der Waals surface area contributed by atoms with E-state index in [4.69, 9.17) is 14.2 Å². The van der Waals surface area contributed by atoms with E-state index in [-0.39, 0.29) is 43.8 Å². The number of carbonyl (C=O) groups excluding carboxylic acids is 4. The molecule has 0 saturated heterocycles. The van der Waals surface area contributed by atoms with Gasteiger partial charge in [0.15, 0.2) is 6.10 Å². The molecule has 382 valence electrons. The molecule has 0 unspecified atom stereocenters. The molecule has 0 aliphatic heterocycles. The summed E-state index contributed by atoms with van der Waals surface area (Å²) in [5.41, 5.74) is 0. The molecule has 0 amide bonds. The predicted octanol–water partition coefficient (Wildman–Crippen LogP) is 17.8. The van der Waals surface area contributed by atoms with E-state index in [9.17, 15) is 19.2 Å². The van der Waals surface area contributed by atoms with Gasteiger partial charge in [0.1, 0.15) is 19.0 Å². The molecule has 7 nitrogen and oxygen atoms in total. The third-order valence-corrected chi connectivity index (χ3v) is 12.2. The Bertz CT molecular complexity index is 1150. The molecule has 7 heteroatoms. The van der Waals surface area contributed by atoms with E-state index in [2.05, 4.69) is 69.4 Å². The number of hydrogen-bond donors (Lipinski definition) is 0. The van der Waals surface area contributed by atoms with E-state index >= 15 is 0 Å². The number of rotatable bonds is 51. The second-order valence-corrected chi connectivity index (χ2v) is 18.8. The van der Waals surface area contributed by atoms with Gasteiger partial charge in [-0.05, 0) is 83.5 Å². The van der Waals surface area contributed by atoms with Gasteiger partial charge in [0, 0.05) is 25.7 Å². The van der Waals surface area contributed by atoms with Gasteiger partial charge >= 0.3 is 17.9 Å². The van der Waals surface area contributed by atoms with Crippen LogP contribution < -0.4 is 0 Å². The van der Waals surface area contributed by atoms with Crippen LogP contribution in [0.2, 0.25) is 0 Å². The van der Waals surface area contributed by atoms with Crippen molar-refractivity contribution in [3.8, 4) is 0 Å². The summed E-state index contributed by atoms with van der Waals surface area (Å²) < 4.78 is 16.6. The van der Waals surface area contributed by atoms with Crippen molar-refractivity contribution in [2.45, 2.75) is 290 Å². The molecule has 0 N–H and O–H groups in total. The van der Waals surface area contributed by atoms with Crippen molar-refractivity contribution >= 4 is 23.7 Å². The first-order valence-corrected chi connectivity index (χ1v) is 28.0. The standard InChI is InChI=1S/C59H104O7/c1-4-7-10-13-16-19-22-25-28-31-34-37-40-43-46-49-57(61)64-53-56(54-65-58(62)50-47-44-41-38-35-32-29-26-23-20-17-14-11-8-5-2)66-59(63)52-51-55(60)48-45-42-39-36-33-30-27-24-21-18-15-12-9-6-3/h16-17,19-20,25-26,28-29,56H,4-15,18,21-24,27,30-54H2,1-3H3/b19-16-,20-17-,28-25-,29-26-. The van der Waals surface area contributed by atoms with Crippen molar-refractivity contribution < 1.29 is 33.4 Å². The van der Waals surface area contributed by atoms with Crippen LogP contribution >= 0.6 is 0 Å². The van der Waals surface area contributed by atoms with Crippen LogP contribution in [0, 0.1) is 0 Å². The fourth-order valence-corrected chi connectivity index (χ4v) is 7.92. The number of ether oxygens (including phenoxy) is 3. The van der Waals surface area contributed by atoms with E-state index in [0.717, 1.165) is 109 Å². The van der Waals surface area contributed by atoms with Crippen LogP contribution in [0.3, 0.4) is 0 Å². The minimum atomic E-state index is -0.902. The van der Waals surface area contributed by atoms with Gasteiger partial charge in [-0.3, -0.25) is 19.2 Å². The van der Waals surface area contributed by atoms with E-state index in [0.29, 0.717) is 19.3 Å². The highest BCUT2D eigenvalue weighted by Crippen LogP contribution is 2.15. The van der Waals surface area contributed by atoms with Crippen molar-refractivity contribution in [1.29, 1.82) is 0 Å². The van der Waals surface area contributed by atoms with Crippen LogP contribution in [0.1, 0.15) is 284 Å². The Kier molecular flexibility index (Phi) is 50.6. The minimum absolute atomic E-state index is 0.0340. The van der Waals surface area contributed by atoms with Crippen molar-refractivity contribution in [2.24, 2.45) is 0 Å². The van der Waals surface area contributed by atoms with Gasteiger partial charge in [0.2, 0.25) is 0 Å². The number of allylic oxidation sites excluding steroid dienone is 8. The number of unbranched alkanes of at least 4 members (excludes halogenated alkanes) is 29. The Balaban J connectivity index is 4.49. The second kappa shape index (κ2) is 53.0. The van der Waals surface area contributed by atoms with Gasteiger partial charge < -0.3 is 14.2 Å². The molecule has 0 rings (SSSR count). The van der Waals surface area contributed by atoms with Crippen molar-refractivity contribution in [3.05, 3.63) is 48.6 Å². The maximum atomic E-state index is 12.8. The summed E-state index contributed by atoms with van der Waals surface area (Å²) in [4.78, 5) is 50.7. The van der Waals surface area contributed by atoms with E-state index in [1.165, 1.54) is 122 Å². The number of hydrogen-bond acceptors (Lipinski definition) is 7. The highest BCUT2D eigenvalue weighted by atomic mass is 16.6. The molecule has 0 saturated carbocycles. The highest BCUT2D eigenvalue weighted by molar-refractivity contribution is 5.83. The Morgan fingerprint density at radius 3 is 1.00 bits per heavy atom. The molecule has 0 radical (unpaired) electrons. The summed E-state index contributed by atoms with van der Waals surface area (Å²) in [7, 11) is 0. The summed E-state index contributed by atoms with van der Waals surface area (Å²) in [5, 5.41) is 0. The first kappa shape index (κ1) is 63.0. The van der Waals surface area contributed by atoms with Crippen LogP contribution in [0.25, 0.3) is 0 Å². The van der Waals surface area contributed by atoms with Gasteiger partial charge in [0.05, 0.1) is 6.42 Å². The molecule has 0 bridgehead atoms. The first-order chi connectivity index (χ1) is 32.4. The van der Waals surface area contributed by atoms with Gasteiger partial charge in [-0.25, -0.2) is 0 Å². The Morgan fingerprint density at radius 1 is 0.318 bits per heavy atom. The molecule has 0 aromatic rings. The molecule has 0 fully saturated rings. The Hall–Kier alpha value is -2.96. The van der Waals surface area contributed by atoms with Crippen LogP contribution in [0.15, 0.2) is 48.6 Å². The molecule has 0 heterocycles. The maximum Gasteiger partial charge on any atom is 0.306 e. The van der Waals surface area contributed by atoms with Crippen LogP contribution in [0.4, 0.5) is 0 Å². The smallest absolute Gasteiger partial charge is 0.306 e. The summed E-state index contributed by atoms with van der Waals surface area (Å²) in [6.07, 6.45) is 60.5. The monoisotopic (exact) mass is 925 g/mol. The van der Waals surface area contributed by atoms with Crippen LogP contribution in [0.5, 0.6) is 0 Å². The lowest BCUT2D eigenvalue weighted by atomic mass is 10.0. The summed E-state index contributed by atoms with van der Waals surface area (Å²) in [5.74, 6) is -1.16. The molecule has 0 aliphatic rings. The zero-order chi connectivity index (χ0) is 48.1. The topological polar surface area (TPSA) is 96.0 Å². The molecule has 0 spiro atoms. The largest absolute Gasteiger partial charge is 0.462 e. The SMILES string of the molecule is CCCCC/C=C\C/C=C\CCCCCCCC(=O)OCC(COC(=O)CCCCCCC/C=C\C/C=C\CCCCC)OC(=O)CCC(=O)CCCCCCCCCCCCCCCC. The third kappa shape index (κ3) is 50.5. The van der Waals surface area contributed by atoms with E-state index in [1.807, 2.05) is 0 Å². The quantitative estimate of drug-likeness (QED) is 0.0259. The third-order valence-electron chi connectivity index (χ3n) is 12.2. The average Bonchev–Trinajstić information content (AvgIpc) is 3.31. The number of ketones is 1. The fourth-order valence-electron chi connectivity index (χ4n) is 7.92. The van der Waals surface area contributed by atoms with Gasteiger partial charge in [-0.1, -0.05) is 217 Å².